The lowest BCUT2D eigenvalue weighted by Crippen LogP contribution is -2.37. The van der Waals surface area contributed by atoms with Gasteiger partial charge in [0.05, 0.1) is 18.3 Å². The van der Waals surface area contributed by atoms with Crippen LogP contribution in [0.25, 0.3) is 0 Å². The Hall–Kier alpha value is -1.75. The molecule has 2 aliphatic carbocycles. The van der Waals surface area contributed by atoms with E-state index in [1.807, 2.05) is 0 Å². The number of hydrogen-bond acceptors (Lipinski definition) is 7. The maximum atomic E-state index is 12.8. The molecule has 3 fully saturated rings. The van der Waals surface area contributed by atoms with Gasteiger partial charge in [-0.05, 0) is 25.2 Å². The van der Waals surface area contributed by atoms with Crippen LogP contribution in [0.5, 0.6) is 0 Å². The summed E-state index contributed by atoms with van der Waals surface area (Å²) in [5, 5.41) is 6.04. The number of nitrogens with zero attached hydrogens (tertiary/aromatic N) is 2. The van der Waals surface area contributed by atoms with E-state index in [-0.39, 0.29) is 63.9 Å². The van der Waals surface area contributed by atoms with Crippen LogP contribution in [0.4, 0.5) is 5.82 Å². The molecule has 2 bridgehead atoms. The number of imide groups is 1. The zero-order valence-corrected chi connectivity index (χ0v) is 18.6. The molecule has 4 rings (SSSR count). The molecule has 6 atom stereocenters. The van der Waals surface area contributed by atoms with E-state index in [0.29, 0.717) is 5.76 Å². The quantitative estimate of drug-likeness (QED) is 0.336. The Morgan fingerprint density at radius 1 is 1.24 bits per heavy atom. The molecule has 0 radical (unpaired) electrons. The van der Waals surface area contributed by atoms with E-state index in [0.717, 1.165) is 6.42 Å². The fraction of sp³-hybridized carbons (Fsp3) is 0.611. The first-order valence-corrected chi connectivity index (χ1v) is 11.1. The van der Waals surface area contributed by atoms with Crippen molar-refractivity contribution in [2.45, 2.75) is 29.4 Å². The van der Waals surface area contributed by atoms with Crippen LogP contribution in [-0.2, 0) is 23.9 Å². The molecular weight excluding hydrogens is 514 g/mol. The zero-order valence-electron chi connectivity index (χ0n) is 15.5. The van der Waals surface area contributed by atoms with E-state index in [2.05, 4.69) is 42.3 Å². The first-order valence-electron chi connectivity index (χ1n) is 9.30. The van der Waals surface area contributed by atoms with Gasteiger partial charge in [0, 0.05) is 22.3 Å². The Kier molecular flexibility index (Phi) is 5.54. The number of aromatic nitrogens is 1. The summed E-state index contributed by atoms with van der Waals surface area (Å²) in [4.78, 5) is 50.8. The highest BCUT2D eigenvalue weighted by molar-refractivity contribution is 9.12. The van der Waals surface area contributed by atoms with E-state index in [1.54, 1.807) is 6.92 Å². The fourth-order valence-electron chi connectivity index (χ4n) is 4.66. The molecule has 0 aromatic carbocycles. The van der Waals surface area contributed by atoms with Gasteiger partial charge in [-0.2, -0.15) is 0 Å². The van der Waals surface area contributed by atoms with Crippen molar-refractivity contribution in [2.24, 2.45) is 23.7 Å². The topological polar surface area (TPSA) is 119 Å². The number of anilines is 1. The first kappa shape index (κ1) is 20.5. The van der Waals surface area contributed by atoms with Crippen LogP contribution < -0.4 is 5.32 Å². The van der Waals surface area contributed by atoms with Crippen LogP contribution >= 0.6 is 31.9 Å². The predicted octanol–water partition coefficient (Wildman–Crippen LogP) is 1.63. The van der Waals surface area contributed by atoms with Crippen LogP contribution in [0.1, 0.15) is 18.6 Å². The van der Waals surface area contributed by atoms with Gasteiger partial charge in [-0.25, -0.2) is 0 Å². The largest absolute Gasteiger partial charge is 0.456 e. The van der Waals surface area contributed by atoms with Crippen molar-refractivity contribution in [3.05, 3.63) is 11.8 Å². The molecule has 156 valence electrons. The Labute approximate surface area is 183 Å². The minimum absolute atomic E-state index is 0.0348. The van der Waals surface area contributed by atoms with Crippen molar-refractivity contribution in [3.8, 4) is 0 Å². The number of nitrogens with one attached hydrogen (secondary N) is 1. The molecule has 9 nitrogen and oxygen atoms in total. The third-order valence-electron chi connectivity index (χ3n) is 5.88. The van der Waals surface area contributed by atoms with Crippen molar-refractivity contribution in [3.63, 3.8) is 0 Å². The van der Waals surface area contributed by atoms with Crippen molar-refractivity contribution < 1.29 is 28.4 Å². The normalized spacial score (nSPS) is 32.6. The number of halogens is 2. The number of hydrogen-bond donors (Lipinski definition) is 1. The molecule has 3 amide bonds. The van der Waals surface area contributed by atoms with Gasteiger partial charge in [0.2, 0.25) is 11.8 Å². The maximum Gasteiger partial charge on any atom is 0.308 e. The molecule has 1 aromatic rings. The van der Waals surface area contributed by atoms with E-state index >= 15 is 0 Å². The van der Waals surface area contributed by atoms with Gasteiger partial charge in [0.25, 0.3) is 5.91 Å². The molecule has 1 aliphatic heterocycles. The lowest BCUT2D eigenvalue weighted by molar-refractivity contribution is -0.149. The second-order valence-corrected chi connectivity index (χ2v) is 9.73. The molecule has 11 heteroatoms. The number of ether oxygens (including phenoxy) is 1. The molecule has 0 unspecified atom stereocenters. The summed E-state index contributed by atoms with van der Waals surface area (Å²) in [7, 11) is 0. The van der Waals surface area contributed by atoms with Gasteiger partial charge in [-0.1, -0.05) is 37.0 Å². The second kappa shape index (κ2) is 7.82. The van der Waals surface area contributed by atoms with Gasteiger partial charge in [-0.15, -0.1) is 0 Å². The van der Waals surface area contributed by atoms with Crippen molar-refractivity contribution in [1.29, 1.82) is 0 Å². The van der Waals surface area contributed by atoms with Crippen LogP contribution in [0, 0.1) is 30.6 Å². The third-order valence-corrected chi connectivity index (χ3v) is 9.08. The van der Waals surface area contributed by atoms with Gasteiger partial charge < -0.3 is 14.6 Å². The number of fused-ring (bicyclic) bond motifs is 5. The number of amides is 3. The van der Waals surface area contributed by atoms with Crippen LogP contribution in [-0.4, -0.2) is 56.6 Å². The number of carbonyl (C=O) groups is 4. The molecule has 0 spiro atoms. The number of likely N-dealkylation sites (tertiary alicyclic amines) is 1. The number of rotatable bonds is 6. The Bertz CT molecular complexity index is 842. The van der Waals surface area contributed by atoms with Crippen molar-refractivity contribution in [2.75, 3.05) is 18.5 Å². The highest BCUT2D eigenvalue weighted by Gasteiger charge is 2.66. The SMILES string of the molecule is Cc1cc(NC(=O)COC(=O)CCN2C(=O)[C@@H]3[C@H]4C[C@@H]([C@@H](Br)[C@H]4Br)[C@H]3C2=O)no1. The highest BCUT2D eigenvalue weighted by Crippen LogP contribution is 2.60. The van der Waals surface area contributed by atoms with Gasteiger partial charge in [0.1, 0.15) is 5.76 Å². The molecule has 3 aliphatic rings. The Morgan fingerprint density at radius 2 is 1.86 bits per heavy atom. The van der Waals surface area contributed by atoms with E-state index in [9.17, 15) is 19.2 Å². The lowest BCUT2D eigenvalue weighted by Gasteiger charge is -2.28. The maximum absolute atomic E-state index is 12.8. The third kappa shape index (κ3) is 3.63. The van der Waals surface area contributed by atoms with Crippen molar-refractivity contribution >= 4 is 61.4 Å². The number of carbonyl (C=O) groups excluding carboxylic acids is 4. The summed E-state index contributed by atoms with van der Waals surface area (Å²) in [5.41, 5.74) is 0. The number of alkyl halides is 2. The average molecular weight is 533 g/mol. The second-order valence-electron chi connectivity index (χ2n) is 7.61. The zero-order chi connectivity index (χ0) is 20.9. The lowest BCUT2D eigenvalue weighted by atomic mass is 9.81. The standard InChI is InChI=1S/C18H19Br2N3O6/c1-7-4-10(22-29-7)21-11(24)6-28-12(25)2-3-23-17(26)13-8-5-9(14(13)18(23)27)16(20)15(8)19/h4,8-9,13-16H,2-3,5-6H2,1H3,(H,21,22,24)/t8-,9-,13-,14-,15-,16+/m1/s1. The van der Waals surface area contributed by atoms with Crippen LogP contribution in [0.2, 0.25) is 0 Å². The van der Waals surface area contributed by atoms with Crippen LogP contribution in [0.15, 0.2) is 10.6 Å². The molecule has 1 aromatic heterocycles. The van der Waals surface area contributed by atoms with E-state index in [4.69, 9.17) is 9.26 Å². The number of esters is 1. The summed E-state index contributed by atoms with van der Waals surface area (Å²) < 4.78 is 9.75. The van der Waals surface area contributed by atoms with Gasteiger partial charge in [-0.3, -0.25) is 24.1 Å². The molecule has 2 saturated carbocycles. The summed E-state index contributed by atoms with van der Waals surface area (Å²) in [5.74, 6) is -1.21. The summed E-state index contributed by atoms with van der Waals surface area (Å²) in [6, 6.07) is 1.53. The molecule has 29 heavy (non-hydrogen) atoms. The number of aryl methyl sites for hydroxylation is 1. The van der Waals surface area contributed by atoms with E-state index < -0.39 is 18.5 Å². The molecule has 1 saturated heterocycles. The van der Waals surface area contributed by atoms with Crippen molar-refractivity contribution in [1.82, 2.24) is 10.1 Å². The van der Waals surface area contributed by atoms with Gasteiger partial charge in [0.15, 0.2) is 12.4 Å². The fourth-order valence-corrected chi connectivity index (χ4v) is 6.53. The minimum Gasteiger partial charge on any atom is -0.456 e. The van der Waals surface area contributed by atoms with Gasteiger partial charge >= 0.3 is 5.97 Å². The molecule has 2 heterocycles. The monoisotopic (exact) mass is 531 g/mol. The van der Waals surface area contributed by atoms with Crippen LogP contribution in [0.3, 0.4) is 0 Å². The summed E-state index contributed by atoms with van der Waals surface area (Å²) >= 11 is 7.27. The van der Waals surface area contributed by atoms with E-state index in [1.165, 1.54) is 11.0 Å². The Balaban J connectivity index is 1.26. The molecule has 1 N–H and O–H groups in total. The minimum atomic E-state index is -0.658. The smallest absolute Gasteiger partial charge is 0.308 e. The average Bonchev–Trinajstić information content (AvgIpc) is 3.39. The first-order chi connectivity index (χ1) is 13.8. The highest BCUT2D eigenvalue weighted by atomic mass is 79.9. The summed E-state index contributed by atoms with van der Waals surface area (Å²) in [6.45, 7) is 1.16. The predicted molar refractivity (Wildman–Crippen MR) is 106 cm³/mol. The molecular formula is C18H19Br2N3O6. The Morgan fingerprint density at radius 3 is 2.41 bits per heavy atom. The summed E-state index contributed by atoms with van der Waals surface area (Å²) in [6.07, 6.45) is 0.701.